The SMILES string of the molecule is CNCc1cc(Br)cnc1Oc1ccc(C)nc1. The van der Waals surface area contributed by atoms with Crippen LogP contribution in [0.1, 0.15) is 11.3 Å². The molecular weight excluding hydrogens is 294 g/mol. The van der Waals surface area contributed by atoms with Gasteiger partial charge in [0.15, 0.2) is 0 Å². The van der Waals surface area contributed by atoms with Crippen LogP contribution in [0.3, 0.4) is 0 Å². The molecular formula is C13H14BrN3O. The van der Waals surface area contributed by atoms with Crippen molar-refractivity contribution in [1.29, 1.82) is 0 Å². The Morgan fingerprint density at radius 2 is 2.11 bits per heavy atom. The Morgan fingerprint density at radius 1 is 1.28 bits per heavy atom. The van der Waals surface area contributed by atoms with E-state index in [-0.39, 0.29) is 0 Å². The predicted molar refractivity (Wildman–Crippen MR) is 73.7 cm³/mol. The number of rotatable bonds is 4. The molecule has 2 heterocycles. The first kappa shape index (κ1) is 13.0. The van der Waals surface area contributed by atoms with Crippen molar-refractivity contribution in [3.8, 4) is 11.6 Å². The van der Waals surface area contributed by atoms with E-state index < -0.39 is 0 Å². The molecule has 0 saturated heterocycles. The molecule has 0 bridgehead atoms. The number of pyridine rings is 2. The Labute approximate surface area is 115 Å². The van der Waals surface area contributed by atoms with Gasteiger partial charge in [0, 0.05) is 28.5 Å². The molecule has 2 aromatic heterocycles. The summed E-state index contributed by atoms with van der Waals surface area (Å²) in [6, 6.07) is 5.78. The lowest BCUT2D eigenvalue weighted by Crippen LogP contribution is -2.07. The zero-order chi connectivity index (χ0) is 13.0. The normalized spacial score (nSPS) is 10.4. The number of nitrogens with one attached hydrogen (secondary N) is 1. The third-order valence-corrected chi connectivity index (χ3v) is 2.79. The lowest BCUT2D eigenvalue weighted by atomic mass is 10.2. The topological polar surface area (TPSA) is 47.0 Å². The van der Waals surface area contributed by atoms with Crippen LogP contribution >= 0.6 is 15.9 Å². The summed E-state index contributed by atoms with van der Waals surface area (Å²) in [7, 11) is 1.89. The van der Waals surface area contributed by atoms with Gasteiger partial charge in [0.25, 0.3) is 0 Å². The summed E-state index contributed by atoms with van der Waals surface area (Å²) in [5.74, 6) is 1.28. The van der Waals surface area contributed by atoms with Gasteiger partial charge in [-0.05, 0) is 48.1 Å². The minimum atomic E-state index is 0.596. The van der Waals surface area contributed by atoms with Crippen molar-refractivity contribution in [2.75, 3.05) is 7.05 Å². The zero-order valence-corrected chi connectivity index (χ0v) is 11.9. The molecule has 0 amide bonds. The molecule has 4 nitrogen and oxygen atoms in total. The van der Waals surface area contributed by atoms with Crippen molar-refractivity contribution in [2.45, 2.75) is 13.5 Å². The third kappa shape index (κ3) is 3.27. The number of hydrogen-bond acceptors (Lipinski definition) is 4. The molecule has 0 atom stereocenters. The number of halogens is 1. The highest BCUT2D eigenvalue weighted by Crippen LogP contribution is 2.25. The largest absolute Gasteiger partial charge is 0.437 e. The van der Waals surface area contributed by atoms with Crippen LogP contribution in [0.25, 0.3) is 0 Å². The highest BCUT2D eigenvalue weighted by atomic mass is 79.9. The summed E-state index contributed by atoms with van der Waals surface area (Å²) < 4.78 is 6.67. The molecule has 0 aliphatic heterocycles. The van der Waals surface area contributed by atoms with Gasteiger partial charge in [0.2, 0.25) is 5.88 Å². The van der Waals surface area contributed by atoms with Gasteiger partial charge in [0.05, 0.1) is 6.20 Å². The quantitative estimate of drug-likeness (QED) is 0.943. The second-order valence-electron chi connectivity index (χ2n) is 3.89. The molecule has 0 aliphatic rings. The van der Waals surface area contributed by atoms with E-state index in [1.165, 1.54) is 0 Å². The minimum absolute atomic E-state index is 0.596. The van der Waals surface area contributed by atoms with E-state index in [2.05, 4.69) is 31.2 Å². The standard InChI is InChI=1S/C13H14BrN3O/c1-9-3-4-12(8-16-9)18-13-10(6-15-2)5-11(14)7-17-13/h3-5,7-8,15H,6H2,1-2H3. The Hall–Kier alpha value is -1.46. The highest BCUT2D eigenvalue weighted by molar-refractivity contribution is 9.10. The summed E-state index contributed by atoms with van der Waals surface area (Å²) in [6.07, 6.45) is 3.42. The molecule has 0 radical (unpaired) electrons. The van der Waals surface area contributed by atoms with Crippen molar-refractivity contribution >= 4 is 15.9 Å². The molecule has 2 aromatic rings. The van der Waals surface area contributed by atoms with Crippen LogP contribution in [0.4, 0.5) is 0 Å². The van der Waals surface area contributed by atoms with E-state index in [4.69, 9.17) is 4.74 Å². The maximum absolute atomic E-state index is 5.74. The zero-order valence-electron chi connectivity index (χ0n) is 10.3. The van der Waals surface area contributed by atoms with E-state index in [0.29, 0.717) is 18.2 Å². The van der Waals surface area contributed by atoms with Crippen molar-refractivity contribution < 1.29 is 4.74 Å². The lowest BCUT2D eigenvalue weighted by molar-refractivity contribution is 0.451. The van der Waals surface area contributed by atoms with Crippen molar-refractivity contribution in [3.05, 3.63) is 46.3 Å². The molecule has 94 valence electrons. The monoisotopic (exact) mass is 307 g/mol. The van der Waals surface area contributed by atoms with Crippen LogP contribution in [-0.4, -0.2) is 17.0 Å². The molecule has 0 saturated carbocycles. The number of aryl methyl sites for hydroxylation is 1. The number of hydrogen-bond donors (Lipinski definition) is 1. The van der Waals surface area contributed by atoms with Gasteiger partial charge < -0.3 is 10.1 Å². The van der Waals surface area contributed by atoms with Crippen molar-refractivity contribution in [1.82, 2.24) is 15.3 Å². The third-order valence-electron chi connectivity index (χ3n) is 2.36. The Balaban J connectivity index is 2.25. The van der Waals surface area contributed by atoms with E-state index >= 15 is 0 Å². The molecule has 5 heteroatoms. The number of nitrogens with zero attached hydrogens (tertiary/aromatic N) is 2. The fourth-order valence-electron chi connectivity index (χ4n) is 1.50. The average Bonchev–Trinajstić information content (AvgIpc) is 2.36. The average molecular weight is 308 g/mol. The second-order valence-corrected chi connectivity index (χ2v) is 4.80. The maximum atomic E-state index is 5.74. The van der Waals surface area contributed by atoms with Crippen molar-refractivity contribution in [2.24, 2.45) is 0 Å². The highest BCUT2D eigenvalue weighted by Gasteiger charge is 2.07. The van der Waals surface area contributed by atoms with Gasteiger partial charge in [-0.3, -0.25) is 4.98 Å². The van der Waals surface area contributed by atoms with Gasteiger partial charge in [-0.2, -0.15) is 0 Å². The first-order chi connectivity index (χ1) is 8.69. The Bertz CT molecular complexity index is 528. The van der Waals surface area contributed by atoms with E-state index in [0.717, 1.165) is 15.7 Å². The van der Waals surface area contributed by atoms with Gasteiger partial charge >= 0.3 is 0 Å². The fourth-order valence-corrected chi connectivity index (χ4v) is 1.88. The summed E-state index contributed by atoms with van der Waals surface area (Å²) in [5, 5.41) is 3.09. The summed E-state index contributed by atoms with van der Waals surface area (Å²) >= 11 is 3.40. The first-order valence-corrected chi connectivity index (χ1v) is 6.38. The molecule has 1 N–H and O–H groups in total. The maximum Gasteiger partial charge on any atom is 0.223 e. The summed E-state index contributed by atoms with van der Waals surface area (Å²) in [4.78, 5) is 8.47. The molecule has 0 aromatic carbocycles. The molecule has 0 unspecified atom stereocenters. The molecule has 0 fully saturated rings. The van der Waals surface area contributed by atoms with Crippen LogP contribution in [0, 0.1) is 6.92 Å². The predicted octanol–water partition coefficient (Wildman–Crippen LogP) is 3.06. The molecule has 2 rings (SSSR count). The Morgan fingerprint density at radius 3 is 2.78 bits per heavy atom. The molecule has 0 spiro atoms. The van der Waals surface area contributed by atoms with Gasteiger partial charge in [-0.25, -0.2) is 4.98 Å². The van der Waals surface area contributed by atoms with E-state index in [9.17, 15) is 0 Å². The fraction of sp³-hybridized carbons (Fsp3) is 0.231. The van der Waals surface area contributed by atoms with Crippen LogP contribution < -0.4 is 10.1 Å². The minimum Gasteiger partial charge on any atom is -0.437 e. The van der Waals surface area contributed by atoms with Gasteiger partial charge in [-0.15, -0.1) is 0 Å². The van der Waals surface area contributed by atoms with Crippen LogP contribution in [-0.2, 0) is 6.54 Å². The molecule has 0 aliphatic carbocycles. The van der Waals surface area contributed by atoms with Crippen LogP contribution in [0.15, 0.2) is 35.1 Å². The van der Waals surface area contributed by atoms with Gasteiger partial charge in [-0.1, -0.05) is 0 Å². The summed E-state index contributed by atoms with van der Waals surface area (Å²) in [5.41, 5.74) is 1.95. The summed E-state index contributed by atoms with van der Waals surface area (Å²) in [6.45, 7) is 2.63. The van der Waals surface area contributed by atoms with Crippen molar-refractivity contribution in [3.63, 3.8) is 0 Å². The smallest absolute Gasteiger partial charge is 0.223 e. The van der Waals surface area contributed by atoms with E-state index in [1.807, 2.05) is 32.2 Å². The van der Waals surface area contributed by atoms with Gasteiger partial charge in [0.1, 0.15) is 5.75 Å². The number of aromatic nitrogens is 2. The second kappa shape index (κ2) is 5.93. The first-order valence-electron chi connectivity index (χ1n) is 5.58. The lowest BCUT2D eigenvalue weighted by Gasteiger charge is -2.10. The number of ether oxygens (including phenoxy) is 1. The van der Waals surface area contributed by atoms with E-state index in [1.54, 1.807) is 12.4 Å². The Kier molecular flexibility index (Phi) is 4.28. The van der Waals surface area contributed by atoms with Crippen LogP contribution in [0.5, 0.6) is 11.6 Å². The molecule has 18 heavy (non-hydrogen) atoms. The van der Waals surface area contributed by atoms with Crippen LogP contribution in [0.2, 0.25) is 0 Å².